The van der Waals surface area contributed by atoms with Gasteiger partial charge in [-0.2, -0.15) is 0 Å². The van der Waals surface area contributed by atoms with Crippen LogP contribution in [0.25, 0.3) is 0 Å². The van der Waals surface area contributed by atoms with E-state index in [9.17, 15) is 9.90 Å². The van der Waals surface area contributed by atoms with Crippen molar-refractivity contribution < 1.29 is 24.1 Å². The molecule has 0 saturated carbocycles. The Balaban J connectivity index is 2.24. The molecule has 0 unspecified atom stereocenters. The van der Waals surface area contributed by atoms with Crippen molar-refractivity contribution in [1.29, 1.82) is 0 Å². The maximum Gasteiger partial charge on any atom is 0.325 e. The zero-order valence-corrected chi connectivity index (χ0v) is 13.9. The number of carboxylic acids is 1. The Morgan fingerprint density at radius 2 is 1.58 bits per heavy atom. The zero-order valence-electron chi connectivity index (χ0n) is 13.9. The molecule has 0 spiro atoms. The van der Waals surface area contributed by atoms with Gasteiger partial charge >= 0.3 is 5.97 Å². The maximum absolute atomic E-state index is 11.6. The van der Waals surface area contributed by atoms with Crippen LogP contribution in [-0.4, -0.2) is 32.4 Å². The minimum Gasteiger partial charge on any atom is -0.496 e. The Morgan fingerprint density at radius 1 is 1.00 bits per heavy atom. The fourth-order valence-corrected chi connectivity index (χ4v) is 2.44. The van der Waals surface area contributed by atoms with Crippen LogP contribution in [0.5, 0.6) is 17.2 Å². The van der Waals surface area contributed by atoms with Gasteiger partial charge in [0.2, 0.25) is 0 Å². The highest BCUT2D eigenvalue weighted by Gasteiger charge is 2.20. The third kappa shape index (κ3) is 3.97. The first-order valence-corrected chi connectivity index (χ1v) is 7.40. The van der Waals surface area contributed by atoms with E-state index in [-0.39, 0.29) is 0 Å². The van der Waals surface area contributed by atoms with Crippen molar-refractivity contribution in [2.75, 3.05) is 21.3 Å². The molecular weight excluding hydrogens is 310 g/mol. The molecule has 0 aromatic heterocycles. The molecule has 0 aliphatic rings. The molecular formula is C18H21NO5. The summed E-state index contributed by atoms with van der Waals surface area (Å²) < 4.78 is 15.9. The summed E-state index contributed by atoms with van der Waals surface area (Å²) >= 11 is 0. The summed E-state index contributed by atoms with van der Waals surface area (Å²) in [5.74, 6) is 0.760. The third-order valence-corrected chi connectivity index (χ3v) is 3.66. The molecule has 0 aliphatic heterocycles. The van der Waals surface area contributed by atoms with E-state index in [1.807, 2.05) is 18.2 Å². The molecule has 1 atom stereocenters. The quantitative estimate of drug-likeness (QED) is 0.774. The summed E-state index contributed by atoms with van der Waals surface area (Å²) in [4.78, 5) is 11.6. The van der Waals surface area contributed by atoms with E-state index >= 15 is 0 Å². The molecule has 0 fully saturated rings. The fourth-order valence-electron chi connectivity index (χ4n) is 2.44. The van der Waals surface area contributed by atoms with Gasteiger partial charge in [0.15, 0.2) is 11.5 Å². The molecule has 0 heterocycles. The SMILES string of the molecule is COc1cc(OC)c(OC)cc1CN[C@@H](C(=O)O)c1ccccc1. The molecule has 0 bridgehead atoms. The molecule has 2 rings (SSSR count). The Labute approximate surface area is 141 Å². The lowest BCUT2D eigenvalue weighted by Gasteiger charge is -2.18. The van der Waals surface area contributed by atoms with Gasteiger partial charge in [-0.1, -0.05) is 30.3 Å². The van der Waals surface area contributed by atoms with Gasteiger partial charge in [0.1, 0.15) is 11.8 Å². The molecule has 2 N–H and O–H groups in total. The van der Waals surface area contributed by atoms with Gasteiger partial charge in [0, 0.05) is 18.2 Å². The van der Waals surface area contributed by atoms with E-state index in [0.717, 1.165) is 5.56 Å². The zero-order chi connectivity index (χ0) is 17.5. The monoisotopic (exact) mass is 331 g/mol. The molecule has 0 amide bonds. The number of methoxy groups -OCH3 is 3. The van der Waals surface area contributed by atoms with Crippen molar-refractivity contribution >= 4 is 5.97 Å². The lowest BCUT2D eigenvalue weighted by atomic mass is 10.1. The summed E-state index contributed by atoms with van der Waals surface area (Å²) in [7, 11) is 4.65. The number of carbonyl (C=O) groups is 1. The Bertz CT molecular complexity index is 687. The normalized spacial score (nSPS) is 11.6. The third-order valence-electron chi connectivity index (χ3n) is 3.66. The Kier molecular flexibility index (Phi) is 6.03. The van der Waals surface area contributed by atoms with Crippen molar-refractivity contribution in [2.24, 2.45) is 0 Å². The number of rotatable bonds is 8. The summed E-state index contributed by atoms with van der Waals surface area (Å²) in [6.07, 6.45) is 0. The van der Waals surface area contributed by atoms with E-state index < -0.39 is 12.0 Å². The van der Waals surface area contributed by atoms with E-state index in [4.69, 9.17) is 14.2 Å². The Hall–Kier alpha value is -2.73. The van der Waals surface area contributed by atoms with Crippen LogP contribution >= 0.6 is 0 Å². The first-order chi connectivity index (χ1) is 11.6. The fraction of sp³-hybridized carbons (Fsp3) is 0.278. The lowest BCUT2D eigenvalue weighted by molar-refractivity contribution is -0.139. The minimum atomic E-state index is -0.944. The number of benzene rings is 2. The molecule has 6 nitrogen and oxygen atoms in total. The molecule has 2 aromatic rings. The first-order valence-electron chi connectivity index (χ1n) is 7.40. The second kappa shape index (κ2) is 8.21. The van der Waals surface area contributed by atoms with Crippen LogP contribution in [0.1, 0.15) is 17.2 Å². The average Bonchev–Trinajstić information content (AvgIpc) is 2.61. The second-order valence-electron chi connectivity index (χ2n) is 5.08. The smallest absolute Gasteiger partial charge is 0.325 e. The molecule has 0 aliphatic carbocycles. The van der Waals surface area contributed by atoms with E-state index in [2.05, 4.69) is 5.32 Å². The van der Waals surface area contributed by atoms with Crippen LogP contribution in [0.3, 0.4) is 0 Å². The number of nitrogens with one attached hydrogen (secondary N) is 1. The highest BCUT2D eigenvalue weighted by Crippen LogP contribution is 2.34. The van der Waals surface area contributed by atoms with Gasteiger partial charge in [-0.05, 0) is 11.6 Å². The highest BCUT2D eigenvalue weighted by atomic mass is 16.5. The second-order valence-corrected chi connectivity index (χ2v) is 5.08. The van der Waals surface area contributed by atoms with Crippen molar-refractivity contribution in [3.63, 3.8) is 0 Å². The van der Waals surface area contributed by atoms with Crippen LogP contribution in [0, 0.1) is 0 Å². The lowest BCUT2D eigenvalue weighted by Crippen LogP contribution is -2.28. The number of hydrogen-bond acceptors (Lipinski definition) is 5. The summed E-state index contributed by atoms with van der Waals surface area (Å²) in [5.41, 5.74) is 1.46. The van der Waals surface area contributed by atoms with Gasteiger partial charge in [0.05, 0.1) is 21.3 Å². The standard InChI is InChI=1S/C18H21NO5/c1-22-14-10-16(24-3)15(23-2)9-13(14)11-19-17(18(20)21)12-7-5-4-6-8-12/h4-10,17,19H,11H2,1-3H3,(H,20,21)/t17-/m1/s1. The molecule has 0 radical (unpaired) electrons. The number of carboxylic acid groups (broad SMARTS) is 1. The van der Waals surface area contributed by atoms with Gasteiger partial charge < -0.3 is 19.3 Å². The maximum atomic E-state index is 11.6. The number of ether oxygens (including phenoxy) is 3. The van der Waals surface area contributed by atoms with Gasteiger partial charge in [-0.15, -0.1) is 0 Å². The average molecular weight is 331 g/mol. The summed E-state index contributed by atoms with van der Waals surface area (Å²) in [5, 5.41) is 12.5. The van der Waals surface area contributed by atoms with Crippen molar-refractivity contribution in [3.05, 3.63) is 53.6 Å². The van der Waals surface area contributed by atoms with Crippen LogP contribution in [0.4, 0.5) is 0 Å². The summed E-state index contributed by atoms with van der Waals surface area (Å²) in [6.45, 7) is 0.301. The molecule has 128 valence electrons. The minimum absolute atomic E-state index is 0.301. The topological polar surface area (TPSA) is 77.0 Å². The number of hydrogen-bond donors (Lipinski definition) is 2. The largest absolute Gasteiger partial charge is 0.496 e. The Morgan fingerprint density at radius 3 is 2.12 bits per heavy atom. The molecule has 6 heteroatoms. The van der Waals surface area contributed by atoms with Crippen molar-refractivity contribution in [3.8, 4) is 17.2 Å². The number of aliphatic carboxylic acids is 1. The van der Waals surface area contributed by atoms with Gasteiger partial charge in [0.25, 0.3) is 0 Å². The predicted molar refractivity (Wildman–Crippen MR) is 89.8 cm³/mol. The summed E-state index contributed by atoms with van der Waals surface area (Å²) in [6, 6.07) is 11.7. The van der Waals surface area contributed by atoms with Crippen molar-refractivity contribution in [1.82, 2.24) is 5.32 Å². The van der Waals surface area contributed by atoms with E-state index in [0.29, 0.717) is 29.4 Å². The molecule has 24 heavy (non-hydrogen) atoms. The molecule has 2 aromatic carbocycles. The first kappa shape index (κ1) is 17.6. The van der Waals surface area contributed by atoms with E-state index in [1.165, 1.54) is 0 Å². The highest BCUT2D eigenvalue weighted by molar-refractivity contribution is 5.75. The van der Waals surface area contributed by atoms with Gasteiger partial charge in [-0.25, -0.2) is 0 Å². The van der Waals surface area contributed by atoms with Crippen LogP contribution in [0.2, 0.25) is 0 Å². The van der Waals surface area contributed by atoms with Crippen LogP contribution in [0.15, 0.2) is 42.5 Å². The molecule has 0 saturated heterocycles. The van der Waals surface area contributed by atoms with Crippen LogP contribution in [-0.2, 0) is 11.3 Å². The van der Waals surface area contributed by atoms with E-state index in [1.54, 1.807) is 45.6 Å². The van der Waals surface area contributed by atoms with Crippen LogP contribution < -0.4 is 19.5 Å². The predicted octanol–water partition coefficient (Wildman–Crippen LogP) is 2.63. The van der Waals surface area contributed by atoms with Gasteiger partial charge in [-0.3, -0.25) is 10.1 Å². The van der Waals surface area contributed by atoms with Crippen molar-refractivity contribution in [2.45, 2.75) is 12.6 Å².